The minimum absolute atomic E-state index is 0.177. The number of nitrogens with one attached hydrogen (secondary N) is 1. The Morgan fingerprint density at radius 2 is 1.78 bits per heavy atom. The molecule has 1 aromatic rings. The Labute approximate surface area is 121 Å². The molecule has 0 fully saturated rings. The van der Waals surface area contributed by atoms with Crippen LogP contribution in [-0.2, 0) is 6.42 Å². The third kappa shape index (κ3) is 5.73. The molecule has 0 radical (unpaired) electrons. The van der Waals surface area contributed by atoms with E-state index >= 15 is 0 Å². The van der Waals surface area contributed by atoms with E-state index in [0.717, 1.165) is 17.3 Å². The summed E-state index contributed by atoms with van der Waals surface area (Å²) in [6, 6.07) is 4.15. The number of hydrogen-bond acceptors (Lipinski definition) is 2. The van der Waals surface area contributed by atoms with Crippen LogP contribution in [0.5, 0.6) is 0 Å². The smallest absolute Gasteiger partial charge is 0.0931 e. The largest absolute Gasteiger partial charge is 0.312 e. The van der Waals surface area contributed by atoms with E-state index in [2.05, 4.69) is 52.9 Å². The van der Waals surface area contributed by atoms with Crippen molar-refractivity contribution in [2.75, 3.05) is 6.54 Å². The predicted molar refractivity (Wildman–Crippen MR) is 83.7 cm³/mol. The van der Waals surface area contributed by atoms with Gasteiger partial charge in [-0.1, -0.05) is 32.4 Å². The van der Waals surface area contributed by atoms with Gasteiger partial charge in [-0.05, 0) is 57.2 Å². The normalized spacial score (nSPS) is 14.8. The van der Waals surface area contributed by atoms with Crippen LogP contribution in [0.3, 0.4) is 0 Å². The second kappa shape index (κ2) is 5.94. The SMILES string of the molecule is CC(C)(C)NCC(Cc1ccc(Cl)s1)C(C)(C)C. The molecular weight excluding hydrogens is 262 g/mol. The first-order valence-corrected chi connectivity index (χ1v) is 7.76. The van der Waals surface area contributed by atoms with Crippen LogP contribution in [-0.4, -0.2) is 12.1 Å². The summed E-state index contributed by atoms with van der Waals surface area (Å²) in [6.45, 7) is 14.6. The highest BCUT2D eigenvalue weighted by Crippen LogP contribution is 2.32. The number of halogens is 1. The van der Waals surface area contributed by atoms with Crippen molar-refractivity contribution in [1.82, 2.24) is 5.32 Å². The Bertz CT molecular complexity index is 371. The Kier molecular flexibility index (Phi) is 5.28. The van der Waals surface area contributed by atoms with E-state index in [0.29, 0.717) is 11.3 Å². The summed E-state index contributed by atoms with van der Waals surface area (Å²) >= 11 is 7.71. The average Bonchev–Trinajstić information content (AvgIpc) is 2.55. The lowest BCUT2D eigenvalue weighted by molar-refractivity contribution is 0.215. The van der Waals surface area contributed by atoms with Crippen LogP contribution < -0.4 is 5.32 Å². The lowest BCUT2D eigenvalue weighted by Crippen LogP contribution is -2.42. The molecule has 1 unspecified atom stereocenters. The highest BCUT2D eigenvalue weighted by atomic mass is 35.5. The standard InChI is InChI=1S/C15H26ClNS/c1-14(2,3)11(10-17-15(4,5)6)9-12-7-8-13(16)18-12/h7-8,11,17H,9-10H2,1-6H3. The van der Waals surface area contributed by atoms with Crippen molar-refractivity contribution in [2.45, 2.75) is 53.5 Å². The fraction of sp³-hybridized carbons (Fsp3) is 0.733. The lowest BCUT2D eigenvalue weighted by Gasteiger charge is -2.33. The lowest BCUT2D eigenvalue weighted by atomic mass is 9.78. The van der Waals surface area contributed by atoms with Gasteiger partial charge in [0.05, 0.1) is 4.34 Å². The van der Waals surface area contributed by atoms with Crippen molar-refractivity contribution in [2.24, 2.45) is 11.3 Å². The minimum atomic E-state index is 0.177. The maximum absolute atomic E-state index is 6.01. The molecule has 0 amide bonds. The van der Waals surface area contributed by atoms with Gasteiger partial charge in [-0.2, -0.15) is 0 Å². The Balaban J connectivity index is 2.68. The molecule has 0 saturated heterocycles. The van der Waals surface area contributed by atoms with E-state index in [-0.39, 0.29) is 5.54 Å². The Morgan fingerprint density at radius 3 is 2.17 bits per heavy atom. The first-order valence-electron chi connectivity index (χ1n) is 6.57. The molecule has 1 aromatic heterocycles. The quantitative estimate of drug-likeness (QED) is 0.822. The Hall–Kier alpha value is -0.0500. The van der Waals surface area contributed by atoms with Crippen LogP contribution in [0.2, 0.25) is 4.34 Å². The molecule has 0 aromatic carbocycles. The molecule has 1 atom stereocenters. The molecule has 0 aliphatic carbocycles. The highest BCUT2D eigenvalue weighted by Gasteiger charge is 2.26. The van der Waals surface area contributed by atoms with Crippen LogP contribution in [0.25, 0.3) is 0 Å². The molecule has 18 heavy (non-hydrogen) atoms. The first kappa shape index (κ1) is 16.0. The third-order valence-corrected chi connectivity index (χ3v) is 4.43. The highest BCUT2D eigenvalue weighted by molar-refractivity contribution is 7.16. The zero-order chi connectivity index (χ0) is 14.0. The molecule has 3 heteroatoms. The van der Waals surface area contributed by atoms with E-state index in [1.165, 1.54) is 4.88 Å². The van der Waals surface area contributed by atoms with Crippen LogP contribution in [0.4, 0.5) is 0 Å². The molecule has 0 bridgehead atoms. The van der Waals surface area contributed by atoms with Gasteiger partial charge in [0, 0.05) is 10.4 Å². The number of thiophene rings is 1. The maximum Gasteiger partial charge on any atom is 0.0931 e. The first-order chi connectivity index (χ1) is 8.08. The molecular formula is C15H26ClNS. The zero-order valence-corrected chi connectivity index (χ0v) is 14.0. The van der Waals surface area contributed by atoms with Crippen molar-refractivity contribution in [3.8, 4) is 0 Å². The summed E-state index contributed by atoms with van der Waals surface area (Å²) in [4.78, 5) is 1.38. The third-order valence-electron chi connectivity index (χ3n) is 3.18. The molecule has 1 rings (SSSR count). The second-order valence-corrected chi connectivity index (χ2v) is 8.90. The van der Waals surface area contributed by atoms with E-state index in [1.807, 2.05) is 6.07 Å². The van der Waals surface area contributed by atoms with Crippen LogP contribution in [0.1, 0.15) is 46.4 Å². The summed E-state index contributed by atoms with van der Waals surface area (Å²) in [5, 5.41) is 3.63. The fourth-order valence-electron chi connectivity index (χ4n) is 1.82. The van der Waals surface area contributed by atoms with E-state index in [4.69, 9.17) is 11.6 Å². The molecule has 104 valence electrons. The molecule has 0 spiro atoms. The van der Waals surface area contributed by atoms with Crippen LogP contribution in [0.15, 0.2) is 12.1 Å². The summed E-state index contributed by atoms with van der Waals surface area (Å²) in [5.41, 5.74) is 0.477. The zero-order valence-electron chi connectivity index (χ0n) is 12.4. The van der Waals surface area contributed by atoms with Gasteiger partial charge in [0.25, 0.3) is 0 Å². The molecule has 1 N–H and O–H groups in total. The van der Waals surface area contributed by atoms with Gasteiger partial charge in [0.1, 0.15) is 0 Å². The monoisotopic (exact) mass is 287 g/mol. The van der Waals surface area contributed by atoms with Gasteiger partial charge in [-0.3, -0.25) is 0 Å². The number of rotatable bonds is 4. The Morgan fingerprint density at radius 1 is 1.17 bits per heavy atom. The summed E-state index contributed by atoms with van der Waals surface area (Å²) < 4.78 is 0.890. The summed E-state index contributed by atoms with van der Waals surface area (Å²) in [7, 11) is 0. The summed E-state index contributed by atoms with van der Waals surface area (Å²) in [5.74, 6) is 0.617. The maximum atomic E-state index is 6.01. The van der Waals surface area contributed by atoms with Gasteiger partial charge in [0.15, 0.2) is 0 Å². The predicted octanol–water partition coefficient (Wildman–Crippen LogP) is 4.99. The van der Waals surface area contributed by atoms with Crippen molar-refractivity contribution in [3.63, 3.8) is 0 Å². The minimum Gasteiger partial charge on any atom is -0.312 e. The van der Waals surface area contributed by atoms with Crippen molar-refractivity contribution < 1.29 is 0 Å². The molecule has 0 saturated carbocycles. The fourth-order valence-corrected chi connectivity index (χ4v) is 2.99. The van der Waals surface area contributed by atoms with Gasteiger partial charge in [-0.15, -0.1) is 11.3 Å². The molecule has 0 aliphatic rings. The van der Waals surface area contributed by atoms with Gasteiger partial charge in [-0.25, -0.2) is 0 Å². The topological polar surface area (TPSA) is 12.0 Å². The average molecular weight is 288 g/mol. The van der Waals surface area contributed by atoms with E-state index in [9.17, 15) is 0 Å². The molecule has 1 heterocycles. The summed E-state index contributed by atoms with van der Waals surface area (Å²) in [6.07, 6.45) is 1.10. The van der Waals surface area contributed by atoms with E-state index < -0.39 is 0 Å². The van der Waals surface area contributed by atoms with Crippen molar-refractivity contribution in [1.29, 1.82) is 0 Å². The molecule has 1 nitrogen and oxygen atoms in total. The molecule has 0 aliphatic heterocycles. The van der Waals surface area contributed by atoms with Crippen molar-refractivity contribution >= 4 is 22.9 Å². The van der Waals surface area contributed by atoms with E-state index in [1.54, 1.807) is 11.3 Å². The van der Waals surface area contributed by atoms with Crippen LogP contribution >= 0.6 is 22.9 Å². The van der Waals surface area contributed by atoms with Gasteiger partial charge in [0.2, 0.25) is 0 Å². The second-order valence-electron chi connectivity index (χ2n) is 7.10. The number of hydrogen-bond donors (Lipinski definition) is 1. The van der Waals surface area contributed by atoms with Crippen molar-refractivity contribution in [3.05, 3.63) is 21.3 Å². The van der Waals surface area contributed by atoms with Gasteiger partial charge >= 0.3 is 0 Å². The van der Waals surface area contributed by atoms with Gasteiger partial charge < -0.3 is 5.32 Å². The van der Waals surface area contributed by atoms with Crippen LogP contribution in [0, 0.1) is 11.3 Å².